The van der Waals surface area contributed by atoms with Crippen molar-refractivity contribution < 1.29 is 22.2 Å². The maximum Gasteiger partial charge on any atom is 0.0431 e. The van der Waals surface area contributed by atoms with E-state index >= 15 is 0 Å². The summed E-state index contributed by atoms with van der Waals surface area (Å²) in [4.78, 5) is 0. The van der Waals surface area contributed by atoms with Crippen LogP contribution in [-0.2, 0) is 23.5 Å². The van der Waals surface area contributed by atoms with Gasteiger partial charge >= 0.3 is 0 Å². The summed E-state index contributed by atoms with van der Waals surface area (Å²) in [6, 6.07) is 18.5. The summed E-state index contributed by atoms with van der Waals surface area (Å²) in [5, 5.41) is 8.55. The van der Waals surface area contributed by atoms with Crippen molar-refractivity contribution in [3.05, 3.63) is 60.2 Å². The molecule has 0 aromatic heterocycles. The van der Waals surface area contributed by atoms with E-state index in [1.54, 1.807) is 0 Å². The molecule has 0 spiro atoms. The van der Waals surface area contributed by atoms with Crippen LogP contribution < -0.4 is 0 Å². The van der Waals surface area contributed by atoms with E-state index in [1.165, 1.54) is 24.8 Å². The molecule has 18 heavy (non-hydrogen) atoms. The van der Waals surface area contributed by atoms with Crippen LogP contribution in [-0.4, -0.2) is 11.7 Å². The zero-order chi connectivity index (χ0) is 12.2. The van der Waals surface area contributed by atoms with Crippen molar-refractivity contribution in [2.24, 2.45) is 0 Å². The minimum atomic E-state index is 0. The fourth-order valence-corrected chi connectivity index (χ4v) is 1.70. The molecule has 0 aliphatic heterocycles. The van der Waals surface area contributed by atoms with Crippen LogP contribution in [0.2, 0.25) is 0 Å². The van der Waals surface area contributed by atoms with Gasteiger partial charge in [0.05, 0.1) is 0 Å². The van der Waals surface area contributed by atoms with E-state index in [4.69, 9.17) is 5.11 Å². The van der Waals surface area contributed by atoms with E-state index in [0.29, 0.717) is 6.61 Å². The van der Waals surface area contributed by atoms with Gasteiger partial charge in [0.25, 0.3) is 0 Å². The van der Waals surface area contributed by atoms with Crippen molar-refractivity contribution in [2.75, 3.05) is 6.61 Å². The molecule has 2 rings (SSSR count). The number of aryl methyl sites for hydroxylation is 1. The maximum atomic E-state index is 8.55. The Morgan fingerprint density at radius 3 is 1.78 bits per heavy atom. The minimum absolute atomic E-state index is 0. The van der Waals surface area contributed by atoms with Crippen LogP contribution in [0.5, 0.6) is 0 Å². The molecule has 0 heterocycles. The zero-order valence-corrected chi connectivity index (χ0v) is 11.8. The van der Waals surface area contributed by atoms with Gasteiger partial charge in [0, 0.05) is 23.7 Å². The third-order valence-electron chi connectivity index (χ3n) is 2.66. The van der Waals surface area contributed by atoms with Gasteiger partial charge in [-0.05, 0) is 6.42 Å². The Balaban J connectivity index is 0.000000405. The number of aliphatic hydroxyl groups is 1. The first-order chi connectivity index (χ1) is 8.43. The Labute approximate surface area is 121 Å². The van der Waals surface area contributed by atoms with Gasteiger partial charge in [-0.2, -0.15) is 17.7 Å². The fraction of sp³-hybridized carbons (Fsp3) is 0.375. The van der Waals surface area contributed by atoms with Crippen molar-refractivity contribution in [3.8, 4) is 0 Å². The van der Waals surface area contributed by atoms with Crippen LogP contribution >= 0.6 is 0 Å². The van der Waals surface area contributed by atoms with E-state index < -0.39 is 0 Å². The molecule has 2 heteroatoms. The molecule has 2 aromatic rings. The summed E-state index contributed by atoms with van der Waals surface area (Å²) in [6.07, 6.45) is 5.81. The van der Waals surface area contributed by atoms with Crippen LogP contribution in [0.15, 0.2) is 54.6 Å². The Hall–Kier alpha value is -0.821. The maximum absolute atomic E-state index is 8.55. The van der Waals surface area contributed by atoms with Gasteiger partial charge in [-0.3, -0.25) is 0 Å². The average Bonchev–Trinajstić information content (AvgIpc) is 3.05. The van der Waals surface area contributed by atoms with Crippen molar-refractivity contribution in [3.63, 3.8) is 0 Å². The number of hydrogen-bond donors (Lipinski definition) is 1. The summed E-state index contributed by atoms with van der Waals surface area (Å²) in [6.45, 7) is 0.344. The monoisotopic (exact) mass is 286 g/mol. The molecule has 0 bridgehead atoms. The van der Waals surface area contributed by atoms with E-state index in [0.717, 1.165) is 12.8 Å². The molecule has 0 fully saturated rings. The van der Waals surface area contributed by atoms with Crippen molar-refractivity contribution in [1.29, 1.82) is 0 Å². The molecule has 0 aliphatic carbocycles. The van der Waals surface area contributed by atoms with Crippen LogP contribution in [0, 0.1) is 0 Å². The molecule has 0 unspecified atom stereocenters. The van der Waals surface area contributed by atoms with Gasteiger partial charge in [0.15, 0.2) is 0 Å². The quantitative estimate of drug-likeness (QED) is 0.485. The Morgan fingerprint density at radius 1 is 0.778 bits per heavy atom. The second-order valence-corrected chi connectivity index (χ2v) is 4.14. The second kappa shape index (κ2) is 12.6. The van der Waals surface area contributed by atoms with Crippen molar-refractivity contribution in [1.82, 2.24) is 0 Å². The van der Waals surface area contributed by atoms with Crippen LogP contribution in [0.1, 0.15) is 31.2 Å². The average molecular weight is 286 g/mol. The molecule has 0 atom stereocenters. The van der Waals surface area contributed by atoms with Crippen LogP contribution in [0.4, 0.5) is 0 Å². The SMILES string of the molecule is OCCCCCC[c-]1cccc1.[Fe].[cH-]1[cH-][cH-][cH-][cH-]1. The van der Waals surface area contributed by atoms with Gasteiger partial charge in [-0.1, -0.05) is 25.7 Å². The molecule has 0 radical (unpaired) electrons. The van der Waals surface area contributed by atoms with Gasteiger partial charge in [-0.25, -0.2) is 12.1 Å². The molecular formula is C16H22FeO-6. The summed E-state index contributed by atoms with van der Waals surface area (Å²) < 4.78 is 0. The van der Waals surface area contributed by atoms with Gasteiger partial charge < -0.3 is 35.4 Å². The first-order valence-corrected chi connectivity index (χ1v) is 6.41. The van der Waals surface area contributed by atoms with Gasteiger partial charge in [0.2, 0.25) is 0 Å². The summed E-state index contributed by atoms with van der Waals surface area (Å²) in [5.41, 5.74) is 1.44. The van der Waals surface area contributed by atoms with Crippen molar-refractivity contribution in [2.45, 2.75) is 32.1 Å². The van der Waals surface area contributed by atoms with E-state index in [9.17, 15) is 0 Å². The second-order valence-electron chi connectivity index (χ2n) is 4.14. The van der Waals surface area contributed by atoms with Gasteiger partial charge in [0.1, 0.15) is 0 Å². The molecular weight excluding hydrogens is 264 g/mol. The zero-order valence-electron chi connectivity index (χ0n) is 10.7. The summed E-state index contributed by atoms with van der Waals surface area (Å²) >= 11 is 0. The number of unbranched alkanes of at least 4 members (excludes halogenated alkanes) is 3. The first-order valence-electron chi connectivity index (χ1n) is 6.41. The largest absolute Gasteiger partial charge is 0.748 e. The van der Waals surface area contributed by atoms with Crippen molar-refractivity contribution >= 4 is 0 Å². The molecule has 106 valence electrons. The summed E-state index contributed by atoms with van der Waals surface area (Å²) in [5.74, 6) is 0. The topological polar surface area (TPSA) is 20.2 Å². The predicted octanol–water partition coefficient (Wildman–Crippen LogP) is 3.90. The smallest absolute Gasteiger partial charge is 0.0431 e. The fourth-order valence-electron chi connectivity index (χ4n) is 1.70. The Morgan fingerprint density at radius 2 is 1.28 bits per heavy atom. The van der Waals surface area contributed by atoms with E-state index in [-0.39, 0.29) is 17.1 Å². The third kappa shape index (κ3) is 9.23. The molecule has 1 N–H and O–H groups in total. The molecule has 0 saturated carbocycles. The minimum Gasteiger partial charge on any atom is -0.748 e. The standard InChI is InChI=1S/C11H17O.C5H5.Fe/c12-10-6-2-1-3-7-11-8-4-5-9-11;1-2-4-5-3-1;/h4-5,8-9,12H,1-3,6-7,10H2;1-5H;/q-1;-5;. The molecule has 0 saturated heterocycles. The first kappa shape index (κ1) is 17.2. The molecule has 0 amide bonds. The summed E-state index contributed by atoms with van der Waals surface area (Å²) in [7, 11) is 0. The third-order valence-corrected chi connectivity index (χ3v) is 2.66. The Kier molecular flexibility index (Phi) is 12.1. The predicted molar refractivity (Wildman–Crippen MR) is 73.3 cm³/mol. The number of aliphatic hydroxyl groups excluding tert-OH is 1. The van der Waals surface area contributed by atoms with E-state index in [2.05, 4.69) is 24.3 Å². The Bertz CT molecular complexity index is 307. The molecule has 1 nitrogen and oxygen atoms in total. The van der Waals surface area contributed by atoms with Crippen LogP contribution in [0.3, 0.4) is 0 Å². The van der Waals surface area contributed by atoms with Gasteiger partial charge in [-0.15, -0.1) is 0 Å². The number of hydrogen-bond acceptors (Lipinski definition) is 1. The molecule has 2 aromatic carbocycles. The van der Waals surface area contributed by atoms with Crippen LogP contribution in [0.25, 0.3) is 0 Å². The number of rotatable bonds is 6. The van der Waals surface area contributed by atoms with E-state index in [1.807, 2.05) is 30.3 Å². The molecule has 0 aliphatic rings. The normalized spacial score (nSPS) is 9.17.